The number of esters is 4. The van der Waals surface area contributed by atoms with E-state index in [9.17, 15) is 19.2 Å². The fraction of sp³-hybridized carbons (Fsp3) is 0.417. The highest BCUT2D eigenvalue weighted by Gasteiger charge is 2.53. The molecule has 1 aliphatic rings. The van der Waals surface area contributed by atoms with Gasteiger partial charge in [0.2, 0.25) is 12.4 Å². The molecule has 1 heterocycles. The van der Waals surface area contributed by atoms with Crippen molar-refractivity contribution < 1.29 is 47.6 Å². The number of benzene rings is 2. The van der Waals surface area contributed by atoms with E-state index in [0.717, 1.165) is 24.6 Å². The van der Waals surface area contributed by atoms with Gasteiger partial charge in [-0.1, -0.05) is 30.3 Å². The molecule has 0 spiro atoms. The van der Waals surface area contributed by atoms with Gasteiger partial charge in [-0.2, -0.15) is 0 Å². The van der Waals surface area contributed by atoms with Gasteiger partial charge >= 0.3 is 23.9 Å². The summed E-state index contributed by atoms with van der Waals surface area (Å²) in [5.74, 6) is -2.31. The number of hydrogen-bond acceptors (Lipinski definition) is 10. The summed E-state index contributed by atoms with van der Waals surface area (Å²) in [6.45, 7) is 4.37. The highest BCUT2D eigenvalue weighted by molar-refractivity contribution is 5.83. The van der Waals surface area contributed by atoms with E-state index in [1.54, 1.807) is 12.1 Å². The van der Waals surface area contributed by atoms with Crippen LogP contribution < -0.4 is 4.74 Å². The Morgan fingerprint density at radius 3 is 1.94 bits per heavy atom. The van der Waals surface area contributed by atoms with Crippen molar-refractivity contribution in [2.24, 2.45) is 0 Å². The quantitative estimate of drug-likeness (QED) is 0.436. The Balaban J connectivity index is 1.98. The van der Waals surface area contributed by atoms with Crippen molar-refractivity contribution in [1.29, 1.82) is 0 Å². The first-order valence-corrected chi connectivity index (χ1v) is 10.6. The third-order valence-corrected chi connectivity index (χ3v) is 4.92. The van der Waals surface area contributed by atoms with Crippen LogP contribution in [0.2, 0.25) is 0 Å². The van der Waals surface area contributed by atoms with Gasteiger partial charge in [0.25, 0.3) is 0 Å². The van der Waals surface area contributed by atoms with Gasteiger partial charge < -0.3 is 28.4 Å². The summed E-state index contributed by atoms with van der Waals surface area (Å²) >= 11 is 0. The summed E-state index contributed by atoms with van der Waals surface area (Å²) in [7, 11) is 0. The molecule has 0 saturated carbocycles. The predicted octanol–water partition coefficient (Wildman–Crippen LogP) is 2.30. The van der Waals surface area contributed by atoms with E-state index in [1.807, 2.05) is 30.3 Å². The smallest absolute Gasteiger partial charge is 0.303 e. The standard InChI is InChI=1S/C24H26O10/c1-13(25)29-12-20-21(30-14(2)26)22(31-15(3)27)23(32-16(4)28)24(34-20)33-19-10-9-17-7-5-6-8-18(17)11-19/h5-11,20-24H,12H2,1-4H3/t20-,21-,22+,23+,24-/m1/s1. The largest absolute Gasteiger partial charge is 0.463 e. The number of fused-ring (bicyclic) bond motifs is 1. The first kappa shape index (κ1) is 25.0. The van der Waals surface area contributed by atoms with Crippen molar-refractivity contribution in [2.75, 3.05) is 6.61 Å². The third kappa shape index (κ3) is 6.44. The molecule has 0 amide bonds. The molecule has 3 rings (SSSR count). The number of hydrogen-bond donors (Lipinski definition) is 0. The molecule has 1 fully saturated rings. The van der Waals surface area contributed by atoms with E-state index >= 15 is 0 Å². The first-order valence-electron chi connectivity index (χ1n) is 10.6. The number of carbonyl (C=O) groups is 4. The lowest BCUT2D eigenvalue weighted by Crippen LogP contribution is -2.63. The van der Waals surface area contributed by atoms with Crippen LogP contribution in [-0.2, 0) is 42.9 Å². The van der Waals surface area contributed by atoms with Gasteiger partial charge in [0.05, 0.1) is 0 Å². The summed E-state index contributed by atoms with van der Waals surface area (Å²) in [6.07, 6.45) is -6.16. The van der Waals surface area contributed by atoms with Crippen LogP contribution in [0.1, 0.15) is 27.7 Å². The van der Waals surface area contributed by atoms with Gasteiger partial charge in [0.15, 0.2) is 12.2 Å². The lowest BCUT2D eigenvalue weighted by Gasteiger charge is -2.43. The fourth-order valence-corrected chi connectivity index (χ4v) is 3.66. The second-order valence-corrected chi connectivity index (χ2v) is 7.69. The molecule has 1 aliphatic heterocycles. The third-order valence-electron chi connectivity index (χ3n) is 4.92. The van der Waals surface area contributed by atoms with Crippen molar-refractivity contribution in [3.63, 3.8) is 0 Å². The van der Waals surface area contributed by atoms with Gasteiger partial charge in [-0.3, -0.25) is 19.2 Å². The van der Waals surface area contributed by atoms with E-state index in [-0.39, 0.29) is 6.61 Å². The molecule has 0 N–H and O–H groups in total. The monoisotopic (exact) mass is 474 g/mol. The van der Waals surface area contributed by atoms with Gasteiger partial charge in [-0.05, 0) is 22.9 Å². The lowest BCUT2D eigenvalue weighted by atomic mass is 9.98. The summed E-state index contributed by atoms with van der Waals surface area (Å²) in [5, 5.41) is 1.88. The molecule has 0 aromatic heterocycles. The van der Waals surface area contributed by atoms with Crippen LogP contribution >= 0.6 is 0 Å². The molecule has 0 radical (unpaired) electrons. The zero-order valence-corrected chi connectivity index (χ0v) is 19.2. The molecular formula is C24H26O10. The van der Waals surface area contributed by atoms with Crippen molar-refractivity contribution in [1.82, 2.24) is 0 Å². The van der Waals surface area contributed by atoms with Gasteiger partial charge in [0, 0.05) is 27.7 Å². The highest BCUT2D eigenvalue weighted by atomic mass is 16.7. The normalized spacial score (nSPS) is 24.1. The summed E-state index contributed by atoms with van der Waals surface area (Å²) in [6, 6.07) is 12.9. The topological polar surface area (TPSA) is 124 Å². The minimum absolute atomic E-state index is 0.324. The van der Waals surface area contributed by atoms with Gasteiger partial charge in [-0.25, -0.2) is 0 Å². The lowest BCUT2D eigenvalue weighted by molar-refractivity contribution is -0.288. The SMILES string of the molecule is CC(=O)OC[C@H]1O[C@@H](Oc2ccc3ccccc3c2)[C@@H](OC(C)=O)[C@@H](OC(C)=O)[C@@H]1OC(C)=O. The van der Waals surface area contributed by atoms with Crippen LogP contribution in [0.5, 0.6) is 5.75 Å². The molecule has 10 heteroatoms. The Hall–Kier alpha value is -3.66. The van der Waals surface area contributed by atoms with Crippen molar-refractivity contribution >= 4 is 34.6 Å². The van der Waals surface area contributed by atoms with Gasteiger partial charge in [-0.15, -0.1) is 0 Å². The number of carbonyl (C=O) groups excluding carboxylic acids is 4. The molecule has 5 atom stereocenters. The molecule has 0 bridgehead atoms. The van der Waals surface area contributed by atoms with Crippen molar-refractivity contribution in [3.8, 4) is 5.75 Å². The highest BCUT2D eigenvalue weighted by Crippen LogP contribution is 2.31. The molecule has 182 valence electrons. The molecule has 2 aromatic rings. The summed E-state index contributed by atoms with van der Waals surface area (Å²) in [5.41, 5.74) is 0. The second-order valence-electron chi connectivity index (χ2n) is 7.69. The summed E-state index contributed by atoms with van der Waals surface area (Å²) < 4.78 is 33.1. The van der Waals surface area contributed by atoms with Crippen LogP contribution in [0.4, 0.5) is 0 Å². The first-order chi connectivity index (χ1) is 16.1. The minimum Gasteiger partial charge on any atom is -0.463 e. The molecule has 34 heavy (non-hydrogen) atoms. The summed E-state index contributed by atoms with van der Waals surface area (Å²) in [4.78, 5) is 47.0. The number of ether oxygens (including phenoxy) is 6. The molecule has 1 saturated heterocycles. The average Bonchev–Trinajstić information content (AvgIpc) is 2.75. The van der Waals surface area contributed by atoms with Crippen LogP contribution in [0.25, 0.3) is 10.8 Å². The molecule has 2 aromatic carbocycles. The molecule has 0 aliphatic carbocycles. The van der Waals surface area contributed by atoms with E-state index in [2.05, 4.69) is 0 Å². The van der Waals surface area contributed by atoms with E-state index in [1.165, 1.54) is 13.8 Å². The Kier molecular flexibility index (Phi) is 8.06. The zero-order valence-electron chi connectivity index (χ0n) is 19.2. The van der Waals surface area contributed by atoms with E-state index in [4.69, 9.17) is 28.4 Å². The van der Waals surface area contributed by atoms with Crippen molar-refractivity contribution in [2.45, 2.75) is 58.4 Å². The molecular weight excluding hydrogens is 448 g/mol. The number of rotatable bonds is 7. The van der Waals surface area contributed by atoms with Crippen LogP contribution in [0.3, 0.4) is 0 Å². The van der Waals surface area contributed by atoms with E-state index in [0.29, 0.717) is 5.75 Å². The van der Waals surface area contributed by atoms with Crippen LogP contribution in [0.15, 0.2) is 42.5 Å². The Bertz CT molecular complexity index is 1060. The van der Waals surface area contributed by atoms with Crippen molar-refractivity contribution in [3.05, 3.63) is 42.5 Å². The van der Waals surface area contributed by atoms with E-state index < -0.39 is 54.6 Å². The average molecular weight is 474 g/mol. The van der Waals surface area contributed by atoms with Crippen LogP contribution in [-0.4, -0.2) is 61.2 Å². The maximum atomic E-state index is 11.9. The van der Waals surface area contributed by atoms with Crippen LogP contribution in [0, 0.1) is 0 Å². The maximum absolute atomic E-state index is 11.9. The Morgan fingerprint density at radius 2 is 1.32 bits per heavy atom. The predicted molar refractivity (Wildman–Crippen MR) is 117 cm³/mol. The second kappa shape index (κ2) is 11.0. The minimum atomic E-state index is -1.29. The maximum Gasteiger partial charge on any atom is 0.303 e. The Labute approximate surface area is 196 Å². The molecule has 10 nitrogen and oxygen atoms in total. The zero-order chi connectivity index (χ0) is 24.8. The fourth-order valence-electron chi connectivity index (χ4n) is 3.66. The van der Waals surface area contributed by atoms with Gasteiger partial charge in [0.1, 0.15) is 18.5 Å². The Morgan fingerprint density at radius 1 is 0.735 bits per heavy atom. The molecule has 0 unspecified atom stereocenters.